The van der Waals surface area contributed by atoms with E-state index in [2.05, 4.69) is 10.6 Å². The molecule has 0 aliphatic heterocycles. The summed E-state index contributed by atoms with van der Waals surface area (Å²) >= 11 is 0. The first kappa shape index (κ1) is 24.1. The Morgan fingerprint density at radius 2 is 1.53 bits per heavy atom. The molecule has 9 heteroatoms. The highest BCUT2D eigenvalue weighted by Gasteiger charge is 2.20. The van der Waals surface area contributed by atoms with Gasteiger partial charge in [0.1, 0.15) is 12.6 Å². The van der Waals surface area contributed by atoms with Crippen LogP contribution >= 0.6 is 0 Å². The number of alkyl carbamates (subject to hydrolysis) is 1. The molecule has 0 heterocycles. The number of carbonyl (C=O) groups is 3. The first-order valence-corrected chi connectivity index (χ1v) is 9.29. The number of hydrogen-bond donors (Lipinski definition) is 3. The standard InChI is InChI=1S/C21H24N2O5.N2/c24-19(17-11-5-2-6-12-17)23-18(20(25)26)13-7-8-14-22-21(27)28-15-16-9-3-1-4-10-16;1-2/h1-6,9-12,18H,7-8,13-15H2,(H,22,27)(H,23,24)(H,25,26);/t18-;/m0./s1. The largest absolute Gasteiger partial charge is 0.480 e. The molecule has 2 aromatic rings. The van der Waals surface area contributed by atoms with Gasteiger partial charge in [0.2, 0.25) is 0 Å². The summed E-state index contributed by atoms with van der Waals surface area (Å²) in [6.07, 6.45) is 0.862. The summed E-state index contributed by atoms with van der Waals surface area (Å²) in [6.45, 7) is 0.561. The number of aliphatic carboxylic acids is 1. The molecule has 0 aromatic heterocycles. The van der Waals surface area contributed by atoms with E-state index in [1.54, 1.807) is 30.3 Å². The number of carboxylic acids is 1. The van der Waals surface area contributed by atoms with Crippen LogP contribution in [-0.4, -0.2) is 35.7 Å². The molecule has 30 heavy (non-hydrogen) atoms. The number of nitrogens with zero attached hydrogens (tertiary/aromatic N) is 2. The van der Waals surface area contributed by atoms with Crippen molar-refractivity contribution in [2.45, 2.75) is 31.9 Å². The van der Waals surface area contributed by atoms with Crippen molar-refractivity contribution in [2.75, 3.05) is 6.54 Å². The minimum atomic E-state index is -1.08. The summed E-state index contributed by atoms with van der Waals surface area (Å²) in [7, 11) is 0. The summed E-state index contributed by atoms with van der Waals surface area (Å²) in [5.74, 6) is -1.50. The molecule has 158 valence electrons. The van der Waals surface area contributed by atoms with Gasteiger partial charge in [-0.15, -0.1) is 0 Å². The Morgan fingerprint density at radius 1 is 0.933 bits per heavy atom. The summed E-state index contributed by atoms with van der Waals surface area (Å²) in [4.78, 5) is 35.1. The Bertz CT molecular complexity index is 812. The summed E-state index contributed by atoms with van der Waals surface area (Å²) < 4.78 is 5.09. The highest BCUT2D eigenvalue weighted by atomic mass is 16.5. The van der Waals surface area contributed by atoms with Crippen LogP contribution in [0.3, 0.4) is 0 Å². The van der Waals surface area contributed by atoms with Crippen molar-refractivity contribution >= 4 is 18.0 Å². The summed E-state index contributed by atoms with van der Waals surface area (Å²) in [6, 6.07) is 16.8. The van der Waals surface area contributed by atoms with E-state index in [-0.39, 0.29) is 13.0 Å². The zero-order valence-electron chi connectivity index (χ0n) is 16.4. The molecule has 0 radical (unpaired) electrons. The molecule has 0 aliphatic carbocycles. The number of carboxylic acid groups (broad SMARTS) is 1. The highest BCUT2D eigenvalue weighted by Crippen LogP contribution is 2.05. The molecule has 0 aliphatic rings. The minimum Gasteiger partial charge on any atom is -0.480 e. The SMILES string of the molecule is N#N.O=C(NCCCC[C@H](NC(=O)c1ccccc1)C(=O)O)OCc1ccccc1. The molecule has 9 nitrogen and oxygen atoms in total. The lowest BCUT2D eigenvalue weighted by molar-refractivity contribution is -0.139. The smallest absolute Gasteiger partial charge is 0.407 e. The molecular formula is C21H24N4O5. The van der Waals surface area contributed by atoms with Crippen LogP contribution in [0.1, 0.15) is 35.2 Å². The molecule has 0 saturated heterocycles. The number of hydrogen-bond acceptors (Lipinski definition) is 6. The van der Waals surface area contributed by atoms with Crippen molar-refractivity contribution in [3.63, 3.8) is 0 Å². The van der Waals surface area contributed by atoms with Crippen LogP contribution in [0.2, 0.25) is 0 Å². The van der Waals surface area contributed by atoms with Crippen LogP contribution in [0, 0.1) is 10.8 Å². The first-order valence-electron chi connectivity index (χ1n) is 9.29. The van der Waals surface area contributed by atoms with Crippen LogP contribution < -0.4 is 10.6 Å². The van der Waals surface area contributed by atoms with E-state index in [4.69, 9.17) is 15.5 Å². The van der Waals surface area contributed by atoms with Gasteiger partial charge in [-0.1, -0.05) is 48.5 Å². The average molecular weight is 412 g/mol. The molecule has 0 saturated carbocycles. The van der Waals surface area contributed by atoms with Crippen LogP contribution in [0.5, 0.6) is 0 Å². The van der Waals surface area contributed by atoms with Gasteiger partial charge < -0.3 is 20.5 Å². The maximum absolute atomic E-state index is 12.1. The van der Waals surface area contributed by atoms with Gasteiger partial charge in [-0.2, -0.15) is 0 Å². The number of unbranched alkanes of at least 4 members (excludes halogenated alkanes) is 1. The second-order valence-corrected chi connectivity index (χ2v) is 6.21. The number of nitrogens with one attached hydrogen (secondary N) is 2. The fourth-order valence-corrected chi connectivity index (χ4v) is 2.53. The molecule has 0 unspecified atom stereocenters. The van der Waals surface area contributed by atoms with E-state index < -0.39 is 24.0 Å². The van der Waals surface area contributed by atoms with E-state index in [1.165, 1.54) is 0 Å². The van der Waals surface area contributed by atoms with Crippen molar-refractivity contribution in [2.24, 2.45) is 0 Å². The third kappa shape index (κ3) is 9.32. The summed E-state index contributed by atoms with van der Waals surface area (Å²) in [5, 5.41) is 26.4. The van der Waals surface area contributed by atoms with Crippen molar-refractivity contribution < 1.29 is 24.2 Å². The number of amides is 2. The van der Waals surface area contributed by atoms with Crippen molar-refractivity contribution in [3.8, 4) is 0 Å². The normalized spacial score (nSPS) is 10.6. The fourth-order valence-electron chi connectivity index (χ4n) is 2.53. The Kier molecular flexibility index (Phi) is 11.3. The minimum absolute atomic E-state index is 0.194. The maximum Gasteiger partial charge on any atom is 0.407 e. The molecule has 0 fully saturated rings. The van der Waals surface area contributed by atoms with Gasteiger partial charge in [-0.25, -0.2) is 9.59 Å². The van der Waals surface area contributed by atoms with Gasteiger partial charge in [0.25, 0.3) is 5.91 Å². The van der Waals surface area contributed by atoms with Crippen LogP contribution in [0.4, 0.5) is 4.79 Å². The zero-order valence-corrected chi connectivity index (χ0v) is 16.4. The molecule has 3 N–H and O–H groups in total. The van der Waals surface area contributed by atoms with E-state index in [0.29, 0.717) is 24.9 Å². The predicted molar refractivity (Wildman–Crippen MR) is 107 cm³/mol. The van der Waals surface area contributed by atoms with E-state index >= 15 is 0 Å². The first-order chi connectivity index (χ1) is 14.6. The van der Waals surface area contributed by atoms with Crippen molar-refractivity contribution in [1.82, 2.24) is 10.6 Å². The van der Waals surface area contributed by atoms with Crippen molar-refractivity contribution in [1.29, 1.82) is 10.8 Å². The number of rotatable bonds is 10. The lowest BCUT2D eigenvalue weighted by Crippen LogP contribution is -2.40. The van der Waals surface area contributed by atoms with Crippen LogP contribution in [0.25, 0.3) is 0 Å². The van der Waals surface area contributed by atoms with E-state index in [9.17, 15) is 19.5 Å². The van der Waals surface area contributed by atoms with Gasteiger partial charge in [-0.05, 0) is 37.0 Å². The molecular weight excluding hydrogens is 388 g/mol. The van der Waals surface area contributed by atoms with Crippen molar-refractivity contribution in [3.05, 3.63) is 71.8 Å². The predicted octanol–water partition coefficient (Wildman–Crippen LogP) is 3.00. The maximum atomic E-state index is 12.1. The average Bonchev–Trinajstić information content (AvgIpc) is 2.79. The highest BCUT2D eigenvalue weighted by molar-refractivity contribution is 5.96. The molecule has 0 spiro atoms. The third-order valence-electron chi connectivity index (χ3n) is 4.04. The van der Waals surface area contributed by atoms with Gasteiger partial charge in [0.15, 0.2) is 0 Å². The zero-order chi connectivity index (χ0) is 22.2. The number of carbonyl (C=O) groups excluding carboxylic acids is 2. The summed E-state index contributed by atoms with van der Waals surface area (Å²) in [5.41, 5.74) is 1.31. The Balaban J connectivity index is 0.00000218. The monoisotopic (exact) mass is 412 g/mol. The molecule has 2 rings (SSSR count). The Morgan fingerprint density at radius 3 is 2.13 bits per heavy atom. The second kappa shape index (κ2) is 14.1. The van der Waals surface area contributed by atoms with Crippen LogP contribution in [-0.2, 0) is 16.1 Å². The molecule has 2 amide bonds. The van der Waals surface area contributed by atoms with Gasteiger partial charge >= 0.3 is 12.1 Å². The lowest BCUT2D eigenvalue weighted by Gasteiger charge is -2.14. The van der Waals surface area contributed by atoms with E-state index in [1.807, 2.05) is 30.3 Å². The molecule has 2 aromatic carbocycles. The van der Waals surface area contributed by atoms with Gasteiger partial charge in [0, 0.05) is 22.9 Å². The fraction of sp³-hybridized carbons (Fsp3) is 0.286. The number of benzene rings is 2. The quantitative estimate of drug-likeness (QED) is 0.400. The van der Waals surface area contributed by atoms with Gasteiger partial charge in [-0.3, -0.25) is 4.79 Å². The molecule has 1 atom stereocenters. The Hall–Kier alpha value is -3.93. The molecule has 0 bridgehead atoms. The topological polar surface area (TPSA) is 152 Å². The third-order valence-corrected chi connectivity index (χ3v) is 4.04. The lowest BCUT2D eigenvalue weighted by atomic mass is 10.1. The second-order valence-electron chi connectivity index (χ2n) is 6.21. The van der Waals surface area contributed by atoms with Crippen LogP contribution in [0.15, 0.2) is 60.7 Å². The Labute approximate surface area is 174 Å². The number of ether oxygens (including phenoxy) is 1. The van der Waals surface area contributed by atoms with E-state index in [0.717, 1.165) is 5.56 Å². The van der Waals surface area contributed by atoms with Gasteiger partial charge in [0.05, 0.1) is 0 Å².